The smallest absolute Gasteiger partial charge is 0.315 e. The van der Waals surface area contributed by atoms with E-state index < -0.39 is 22.3 Å². The molecule has 1 atom stereocenters. The highest BCUT2D eigenvalue weighted by Crippen LogP contribution is 2.32. The van der Waals surface area contributed by atoms with E-state index in [0.717, 1.165) is 12.8 Å². The summed E-state index contributed by atoms with van der Waals surface area (Å²) >= 11 is 0. The van der Waals surface area contributed by atoms with Gasteiger partial charge in [0.1, 0.15) is 0 Å². The molecule has 110 valence electrons. The van der Waals surface area contributed by atoms with Gasteiger partial charge >= 0.3 is 12.0 Å². The van der Waals surface area contributed by atoms with Gasteiger partial charge in [-0.05, 0) is 12.8 Å². The fraction of sp³-hybridized carbons (Fsp3) is 0.833. The Morgan fingerprint density at radius 2 is 1.95 bits per heavy atom. The van der Waals surface area contributed by atoms with E-state index in [1.54, 1.807) is 0 Å². The number of carbonyl (C=O) groups is 2. The van der Waals surface area contributed by atoms with Gasteiger partial charge in [-0.25, -0.2) is 4.79 Å². The minimum absolute atomic E-state index is 0.0404. The lowest BCUT2D eigenvalue weighted by Crippen LogP contribution is -2.52. The number of hydrogen-bond acceptors (Lipinski definition) is 3. The molecule has 7 heteroatoms. The number of nitrogens with one attached hydrogen (secondary N) is 2. The molecule has 6 nitrogen and oxygen atoms in total. The Hall–Kier alpha value is -1.11. The molecule has 1 aliphatic carbocycles. The van der Waals surface area contributed by atoms with Crippen LogP contribution in [0.3, 0.4) is 0 Å². The molecule has 0 spiro atoms. The van der Waals surface area contributed by atoms with Crippen LogP contribution in [0, 0.1) is 0 Å². The van der Waals surface area contributed by atoms with Crippen molar-refractivity contribution in [3.8, 4) is 0 Å². The number of carbonyl (C=O) groups excluding carboxylic acids is 1. The Labute approximate surface area is 115 Å². The quantitative estimate of drug-likeness (QED) is 0.647. The average Bonchev–Trinajstić information content (AvgIpc) is 2.75. The minimum Gasteiger partial charge on any atom is -0.481 e. The van der Waals surface area contributed by atoms with E-state index in [-0.39, 0.29) is 12.5 Å². The van der Waals surface area contributed by atoms with Crippen LogP contribution in [0.1, 0.15) is 39.0 Å². The molecular formula is C12H22N2O4S. The van der Waals surface area contributed by atoms with Gasteiger partial charge < -0.3 is 15.7 Å². The predicted molar refractivity (Wildman–Crippen MR) is 73.5 cm³/mol. The van der Waals surface area contributed by atoms with Gasteiger partial charge in [-0.2, -0.15) is 0 Å². The molecule has 1 fully saturated rings. The van der Waals surface area contributed by atoms with E-state index in [0.29, 0.717) is 30.9 Å². The summed E-state index contributed by atoms with van der Waals surface area (Å²) in [7, 11) is -0.904. The van der Waals surface area contributed by atoms with E-state index in [9.17, 15) is 13.8 Å². The Bertz CT molecular complexity index is 354. The highest BCUT2D eigenvalue weighted by Gasteiger charge is 2.37. The Balaban J connectivity index is 2.39. The molecule has 0 aromatic heterocycles. The van der Waals surface area contributed by atoms with Crippen molar-refractivity contribution in [2.45, 2.75) is 44.6 Å². The number of carboxylic acids is 1. The summed E-state index contributed by atoms with van der Waals surface area (Å²) in [6.07, 6.45) is 3.24. The van der Waals surface area contributed by atoms with Crippen LogP contribution >= 0.6 is 0 Å². The Kier molecular flexibility index (Phi) is 6.27. The molecule has 3 N–H and O–H groups in total. The molecule has 1 rings (SSSR count). The third kappa shape index (κ3) is 5.59. The lowest BCUT2D eigenvalue weighted by atomic mass is 9.93. The normalized spacial score (nSPS) is 18.8. The second kappa shape index (κ2) is 7.47. The summed E-state index contributed by atoms with van der Waals surface area (Å²) in [5, 5.41) is 14.3. The van der Waals surface area contributed by atoms with Gasteiger partial charge in [0.05, 0.1) is 12.0 Å². The van der Waals surface area contributed by atoms with Gasteiger partial charge in [0.15, 0.2) is 0 Å². The molecule has 2 amide bonds. The van der Waals surface area contributed by atoms with E-state index in [2.05, 4.69) is 10.6 Å². The predicted octanol–water partition coefficient (Wildman–Crippen LogP) is 0.842. The van der Waals surface area contributed by atoms with Gasteiger partial charge in [0.25, 0.3) is 0 Å². The first kappa shape index (κ1) is 15.9. The van der Waals surface area contributed by atoms with E-state index in [1.165, 1.54) is 0 Å². The summed E-state index contributed by atoms with van der Waals surface area (Å²) in [5.74, 6) is 0.108. The van der Waals surface area contributed by atoms with Crippen LogP contribution in [0.25, 0.3) is 0 Å². The first-order chi connectivity index (χ1) is 8.97. The molecule has 1 unspecified atom stereocenters. The van der Waals surface area contributed by atoms with Crippen LogP contribution in [0.4, 0.5) is 4.79 Å². The SMILES string of the molecule is CCS(=O)CCNC(=O)NC1(CC(=O)O)CCCC1. The maximum atomic E-state index is 11.7. The lowest BCUT2D eigenvalue weighted by molar-refractivity contribution is -0.138. The largest absolute Gasteiger partial charge is 0.481 e. The van der Waals surface area contributed by atoms with Crippen molar-refractivity contribution >= 4 is 22.8 Å². The number of amides is 2. The molecule has 0 bridgehead atoms. The van der Waals surface area contributed by atoms with Gasteiger partial charge in [0, 0.05) is 28.9 Å². The summed E-state index contributed by atoms with van der Waals surface area (Å²) in [6, 6.07) is -0.365. The fourth-order valence-electron chi connectivity index (χ4n) is 2.39. The second-order valence-electron chi connectivity index (χ2n) is 4.87. The van der Waals surface area contributed by atoms with Crippen molar-refractivity contribution in [3.63, 3.8) is 0 Å². The van der Waals surface area contributed by atoms with E-state index in [4.69, 9.17) is 5.11 Å². The Morgan fingerprint density at radius 3 is 2.47 bits per heavy atom. The van der Waals surface area contributed by atoms with Crippen molar-refractivity contribution in [2.75, 3.05) is 18.1 Å². The molecule has 0 aliphatic heterocycles. The molecule has 0 aromatic carbocycles. The van der Waals surface area contributed by atoms with Crippen molar-refractivity contribution in [1.82, 2.24) is 10.6 Å². The molecule has 0 aromatic rings. The third-order valence-electron chi connectivity index (χ3n) is 3.37. The first-order valence-corrected chi connectivity index (χ1v) is 8.09. The molecule has 1 saturated carbocycles. The number of hydrogen-bond donors (Lipinski definition) is 3. The maximum Gasteiger partial charge on any atom is 0.315 e. The van der Waals surface area contributed by atoms with Crippen molar-refractivity contribution in [2.24, 2.45) is 0 Å². The number of rotatable bonds is 7. The zero-order valence-electron chi connectivity index (χ0n) is 11.2. The topological polar surface area (TPSA) is 95.5 Å². The Morgan fingerprint density at radius 1 is 1.32 bits per heavy atom. The average molecular weight is 290 g/mol. The summed E-state index contributed by atoms with van der Waals surface area (Å²) < 4.78 is 11.2. The van der Waals surface area contributed by atoms with E-state index in [1.807, 2.05) is 6.92 Å². The lowest BCUT2D eigenvalue weighted by Gasteiger charge is -2.28. The van der Waals surface area contributed by atoms with Crippen molar-refractivity contribution in [3.05, 3.63) is 0 Å². The summed E-state index contributed by atoms with van der Waals surface area (Å²) in [6.45, 7) is 2.17. The molecule has 0 saturated heterocycles. The van der Waals surface area contributed by atoms with Crippen LogP contribution in [0.5, 0.6) is 0 Å². The molecular weight excluding hydrogens is 268 g/mol. The third-order valence-corrected chi connectivity index (χ3v) is 4.67. The van der Waals surface area contributed by atoms with E-state index >= 15 is 0 Å². The highest BCUT2D eigenvalue weighted by atomic mass is 32.2. The molecule has 0 radical (unpaired) electrons. The van der Waals surface area contributed by atoms with Crippen LogP contribution < -0.4 is 10.6 Å². The van der Waals surface area contributed by atoms with Gasteiger partial charge in [-0.15, -0.1) is 0 Å². The molecule has 1 aliphatic rings. The minimum atomic E-state index is -0.904. The zero-order chi connectivity index (χ0) is 14.3. The monoisotopic (exact) mass is 290 g/mol. The number of carboxylic acid groups (broad SMARTS) is 1. The fourth-order valence-corrected chi connectivity index (χ4v) is 3.01. The van der Waals surface area contributed by atoms with Crippen molar-refractivity contribution in [1.29, 1.82) is 0 Å². The second-order valence-corrected chi connectivity index (χ2v) is 6.74. The first-order valence-electron chi connectivity index (χ1n) is 6.60. The summed E-state index contributed by atoms with van der Waals surface area (Å²) in [4.78, 5) is 22.6. The van der Waals surface area contributed by atoms with Crippen LogP contribution in [0.15, 0.2) is 0 Å². The number of urea groups is 1. The van der Waals surface area contributed by atoms with Gasteiger partial charge in [-0.1, -0.05) is 19.8 Å². The van der Waals surface area contributed by atoms with Gasteiger partial charge in [-0.3, -0.25) is 9.00 Å². The maximum absolute atomic E-state index is 11.7. The summed E-state index contributed by atoms with van der Waals surface area (Å²) in [5.41, 5.74) is -0.611. The van der Waals surface area contributed by atoms with Crippen LogP contribution in [-0.4, -0.2) is 44.9 Å². The zero-order valence-corrected chi connectivity index (χ0v) is 12.1. The standard InChI is InChI=1S/C12H22N2O4S/c1-2-19(18)8-7-13-11(17)14-12(9-10(15)16)5-3-4-6-12/h2-9H2,1H3,(H,15,16)(H2,13,14,17). The van der Waals surface area contributed by atoms with Gasteiger partial charge in [0.2, 0.25) is 0 Å². The highest BCUT2D eigenvalue weighted by molar-refractivity contribution is 7.84. The van der Waals surface area contributed by atoms with Crippen LogP contribution in [0.2, 0.25) is 0 Å². The van der Waals surface area contributed by atoms with Crippen LogP contribution in [-0.2, 0) is 15.6 Å². The molecule has 0 heterocycles. The molecule has 19 heavy (non-hydrogen) atoms. The number of aliphatic carboxylic acids is 1. The van der Waals surface area contributed by atoms with Crippen molar-refractivity contribution < 1.29 is 18.9 Å².